The summed E-state index contributed by atoms with van der Waals surface area (Å²) in [5, 5.41) is 11.1. The van der Waals surface area contributed by atoms with E-state index in [1.807, 2.05) is 25.1 Å². The summed E-state index contributed by atoms with van der Waals surface area (Å²) in [6, 6.07) is 5.75. The van der Waals surface area contributed by atoms with Crippen molar-refractivity contribution in [3.63, 3.8) is 0 Å². The topological polar surface area (TPSA) is 48.9 Å². The Hall–Kier alpha value is -2.10. The van der Waals surface area contributed by atoms with Crippen LogP contribution >= 0.6 is 0 Å². The van der Waals surface area contributed by atoms with Gasteiger partial charge < -0.3 is 9.90 Å². The number of aryl methyl sites for hydroxylation is 2. The van der Waals surface area contributed by atoms with Crippen LogP contribution in [0.3, 0.4) is 0 Å². The van der Waals surface area contributed by atoms with Gasteiger partial charge in [-0.2, -0.15) is 4.57 Å². The summed E-state index contributed by atoms with van der Waals surface area (Å²) in [6.07, 6.45) is 1.48. The maximum absolute atomic E-state index is 11.1. The molecule has 2 rings (SSSR count). The summed E-state index contributed by atoms with van der Waals surface area (Å²) >= 11 is 0. The smallest absolute Gasteiger partial charge is 0.310 e. The van der Waals surface area contributed by atoms with Crippen LogP contribution in [0.25, 0.3) is 17.2 Å². The fourth-order valence-electron chi connectivity index (χ4n) is 1.92. The van der Waals surface area contributed by atoms with Crippen molar-refractivity contribution in [2.45, 2.75) is 6.92 Å². The number of carboxylic acids is 1. The van der Waals surface area contributed by atoms with Crippen molar-refractivity contribution in [2.75, 3.05) is 0 Å². The second-order valence-electron chi connectivity index (χ2n) is 3.71. The summed E-state index contributed by atoms with van der Waals surface area (Å²) in [4.78, 5) is 11.1. The molecule has 0 N–H and O–H groups in total. The number of carboxylic acid groups (broad SMARTS) is 1. The molecular formula is C12H12N2O2. The van der Waals surface area contributed by atoms with E-state index in [0.29, 0.717) is 0 Å². The minimum atomic E-state index is -1.21. The molecule has 1 aromatic carbocycles. The quantitative estimate of drug-likeness (QED) is 0.675. The van der Waals surface area contributed by atoms with E-state index in [9.17, 15) is 9.90 Å². The van der Waals surface area contributed by atoms with Crippen LogP contribution in [0.1, 0.15) is 16.2 Å². The van der Waals surface area contributed by atoms with Crippen molar-refractivity contribution in [1.29, 1.82) is 0 Å². The van der Waals surface area contributed by atoms with Crippen molar-refractivity contribution in [1.82, 2.24) is 4.57 Å². The van der Waals surface area contributed by atoms with Crippen molar-refractivity contribution in [2.24, 2.45) is 7.05 Å². The van der Waals surface area contributed by atoms with Gasteiger partial charge in [0, 0.05) is 0 Å². The van der Waals surface area contributed by atoms with Crippen LogP contribution < -0.4 is 9.67 Å². The molecule has 0 bridgehead atoms. The van der Waals surface area contributed by atoms with E-state index in [2.05, 4.69) is 6.58 Å². The lowest BCUT2D eigenvalue weighted by atomic mass is 10.2. The third kappa shape index (κ3) is 1.31. The number of aromatic nitrogens is 2. The molecule has 0 atom stereocenters. The first kappa shape index (κ1) is 10.4. The van der Waals surface area contributed by atoms with Crippen LogP contribution in [-0.2, 0) is 7.05 Å². The van der Waals surface area contributed by atoms with Gasteiger partial charge in [-0.05, 0) is 24.6 Å². The Morgan fingerprint density at radius 3 is 2.81 bits per heavy atom. The molecule has 0 aliphatic carbocycles. The van der Waals surface area contributed by atoms with Gasteiger partial charge in [-0.15, -0.1) is 0 Å². The maximum atomic E-state index is 11.1. The van der Waals surface area contributed by atoms with Gasteiger partial charge >= 0.3 is 5.82 Å². The van der Waals surface area contributed by atoms with Crippen LogP contribution in [0, 0.1) is 6.92 Å². The number of imidazole rings is 1. The summed E-state index contributed by atoms with van der Waals surface area (Å²) < 4.78 is 3.11. The third-order valence-corrected chi connectivity index (χ3v) is 2.66. The van der Waals surface area contributed by atoms with Gasteiger partial charge in [0.05, 0.1) is 13.2 Å². The minimum absolute atomic E-state index is 0.0931. The molecule has 0 radical (unpaired) electrons. The third-order valence-electron chi connectivity index (χ3n) is 2.66. The Morgan fingerprint density at radius 2 is 2.25 bits per heavy atom. The van der Waals surface area contributed by atoms with E-state index in [-0.39, 0.29) is 5.82 Å². The molecule has 0 aliphatic rings. The molecular weight excluding hydrogens is 204 g/mol. The zero-order chi connectivity index (χ0) is 11.9. The van der Waals surface area contributed by atoms with Crippen LogP contribution in [0.4, 0.5) is 0 Å². The van der Waals surface area contributed by atoms with Gasteiger partial charge in [0.1, 0.15) is 0 Å². The fourth-order valence-corrected chi connectivity index (χ4v) is 1.92. The Bertz CT molecular complexity index is 597. The highest BCUT2D eigenvalue weighted by molar-refractivity contribution is 5.87. The van der Waals surface area contributed by atoms with Crippen LogP contribution in [0.15, 0.2) is 24.8 Å². The lowest BCUT2D eigenvalue weighted by Gasteiger charge is -1.97. The Kier molecular flexibility index (Phi) is 2.27. The highest BCUT2D eigenvalue weighted by atomic mass is 16.4. The van der Waals surface area contributed by atoms with Gasteiger partial charge in [-0.25, -0.2) is 4.57 Å². The number of aromatic carboxylic acids is 1. The summed E-state index contributed by atoms with van der Waals surface area (Å²) in [5.41, 5.74) is 2.72. The van der Waals surface area contributed by atoms with E-state index >= 15 is 0 Å². The average molecular weight is 216 g/mol. The predicted molar refractivity (Wildman–Crippen MR) is 58.6 cm³/mol. The summed E-state index contributed by atoms with van der Waals surface area (Å²) in [7, 11) is 1.70. The zero-order valence-corrected chi connectivity index (χ0v) is 9.23. The van der Waals surface area contributed by atoms with E-state index in [1.54, 1.807) is 11.6 Å². The molecule has 0 saturated carbocycles. The normalized spacial score (nSPS) is 10.6. The van der Waals surface area contributed by atoms with E-state index in [1.165, 1.54) is 10.8 Å². The zero-order valence-electron chi connectivity index (χ0n) is 9.23. The van der Waals surface area contributed by atoms with Gasteiger partial charge in [-0.1, -0.05) is 12.6 Å². The van der Waals surface area contributed by atoms with Gasteiger partial charge in [0.2, 0.25) is 0 Å². The molecule has 0 fully saturated rings. The van der Waals surface area contributed by atoms with Crippen molar-refractivity contribution in [3.8, 4) is 0 Å². The number of fused-ring (bicyclic) bond motifs is 1. The van der Waals surface area contributed by atoms with Crippen molar-refractivity contribution >= 4 is 23.2 Å². The molecule has 1 aromatic heterocycles. The Morgan fingerprint density at radius 1 is 1.56 bits per heavy atom. The Balaban J connectivity index is 2.96. The van der Waals surface area contributed by atoms with Gasteiger partial charge in [0.25, 0.3) is 0 Å². The van der Waals surface area contributed by atoms with Crippen LogP contribution in [0.5, 0.6) is 0 Å². The number of hydrogen-bond acceptors (Lipinski definition) is 2. The Labute approximate surface area is 93.1 Å². The second-order valence-corrected chi connectivity index (χ2v) is 3.71. The van der Waals surface area contributed by atoms with E-state index < -0.39 is 5.97 Å². The van der Waals surface area contributed by atoms with E-state index in [4.69, 9.17) is 0 Å². The molecule has 0 saturated heterocycles. The van der Waals surface area contributed by atoms with Gasteiger partial charge in [0.15, 0.2) is 17.0 Å². The van der Waals surface area contributed by atoms with Gasteiger partial charge in [-0.3, -0.25) is 0 Å². The average Bonchev–Trinajstić information content (AvgIpc) is 2.50. The highest BCUT2D eigenvalue weighted by Gasteiger charge is 2.21. The van der Waals surface area contributed by atoms with Crippen LogP contribution in [0.2, 0.25) is 0 Å². The molecule has 0 spiro atoms. The molecule has 4 nitrogen and oxygen atoms in total. The number of rotatable bonds is 2. The molecule has 0 amide bonds. The number of benzene rings is 1. The first-order valence-corrected chi connectivity index (χ1v) is 4.90. The summed E-state index contributed by atoms with van der Waals surface area (Å²) in [5.74, 6) is -1.12. The lowest BCUT2D eigenvalue weighted by Crippen LogP contribution is -2.41. The highest BCUT2D eigenvalue weighted by Crippen LogP contribution is 2.15. The second kappa shape index (κ2) is 3.48. The molecule has 2 aromatic rings. The molecule has 82 valence electrons. The molecule has 16 heavy (non-hydrogen) atoms. The number of carbonyl (C=O) groups is 1. The lowest BCUT2D eigenvalue weighted by molar-refractivity contribution is -0.650. The monoisotopic (exact) mass is 216 g/mol. The van der Waals surface area contributed by atoms with Crippen molar-refractivity contribution < 1.29 is 14.5 Å². The molecule has 0 unspecified atom stereocenters. The number of hydrogen-bond donors (Lipinski definition) is 0. The maximum Gasteiger partial charge on any atom is 0.310 e. The first-order valence-electron chi connectivity index (χ1n) is 4.90. The van der Waals surface area contributed by atoms with E-state index in [0.717, 1.165) is 16.6 Å². The number of carbonyl (C=O) groups excluding carboxylic acids is 1. The molecule has 1 heterocycles. The van der Waals surface area contributed by atoms with Crippen molar-refractivity contribution in [3.05, 3.63) is 36.2 Å². The molecule has 4 heteroatoms. The largest absolute Gasteiger partial charge is 0.538 e. The predicted octanol–water partition coefficient (Wildman–Crippen LogP) is 0.238. The molecule has 0 aliphatic heterocycles. The number of nitrogens with zero attached hydrogens (tertiary/aromatic N) is 2. The fraction of sp³-hybridized carbons (Fsp3) is 0.167. The SMILES string of the molecule is C=Cn1c(C(=O)[O-])[n+](C)c2ccc(C)cc21. The summed E-state index contributed by atoms with van der Waals surface area (Å²) in [6.45, 7) is 5.58. The first-order chi connectivity index (χ1) is 7.56. The minimum Gasteiger partial charge on any atom is -0.538 e. The van der Waals surface area contributed by atoms with Crippen LogP contribution in [-0.4, -0.2) is 10.5 Å². The standard InChI is InChI=1S/C12H12N2O2/c1-4-14-10-7-8(2)5-6-9(10)13(3)11(14)12(15)16/h4-7H,1H2,2-3H3.